The second kappa shape index (κ2) is 7.85. The molecule has 0 aliphatic carbocycles. The first-order valence-corrected chi connectivity index (χ1v) is 9.43. The summed E-state index contributed by atoms with van der Waals surface area (Å²) >= 11 is 12.1. The van der Waals surface area contributed by atoms with Gasteiger partial charge in [-0.15, -0.1) is 0 Å². The van der Waals surface area contributed by atoms with E-state index in [2.05, 4.69) is 10.4 Å². The van der Waals surface area contributed by atoms with Crippen LogP contribution in [0.5, 0.6) is 0 Å². The van der Waals surface area contributed by atoms with E-state index in [4.69, 9.17) is 23.2 Å². The van der Waals surface area contributed by atoms with Crippen LogP contribution in [0.15, 0.2) is 48.5 Å². The van der Waals surface area contributed by atoms with Crippen molar-refractivity contribution in [2.24, 2.45) is 0 Å². The lowest BCUT2D eigenvalue weighted by atomic mass is 10.1. The molecule has 2 aromatic carbocycles. The summed E-state index contributed by atoms with van der Waals surface area (Å²) in [5.74, 6) is -0.316. The quantitative estimate of drug-likeness (QED) is 0.448. The van der Waals surface area contributed by atoms with Crippen LogP contribution in [0.2, 0.25) is 10.0 Å². The lowest BCUT2D eigenvalue weighted by molar-refractivity contribution is -0.384. The van der Waals surface area contributed by atoms with Crippen molar-refractivity contribution in [2.75, 3.05) is 0 Å². The molecule has 7 nitrogen and oxygen atoms in total. The minimum Gasteiger partial charge on any atom is -0.346 e. The highest BCUT2D eigenvalue weighted by atomic mass is 35.5. The summed E-state index contributed by atoms with van der Waals surface area (Å²) in [5, 5.41) is 19.0. The Bertz CT molecular complexity index is 1090. The van der Waals surface area contributed by atoms with Gasteiger partial charge in [0.15, 0.2) is 0 Å². The molecule has 0 saturated heterocycles. The van der Waals surface area contributed by atoms with Crippen molar-refractivity contribution < 1.29 is 9.72 Å². The molecule has 1 amide bonds. The fraction of sp³-hybridized carbons (Fsp3) is 0.200. The molecular weight excluding hydrogens is 415 g/mol. The van der Waals surface area contributed by atoms with Gasteiger partial charge >= 0.3 is 0 Å². The van der Waals surface area contributed by atoms with Gasteiger partial charge in [0, 0.05) is 23.2 Å². The topological polar surface area (TPSA) is 90.1 Å². The lowest BCUT2D eigenvalue weighted by Crippen LogP contribution is -2.41. The summed E-state index contributed by atoms with van der Waals surface area (Å²) < 4.78 is 1.47. The van der Waals surface area contributed by atoms with E-state index in [1.165, 1.54) is 16.8 Å². The zero-order chi connectivity index (χ0) is 21.3. The number of halogens is 2. The standard InChI is InChI=1S/C20H18Cl2N4O3/c1-20(2,3)23-19(27)18-11-17(12-4-6-13(7-5-12)26(28)29)24-25(18)14-8-9-15(21)16(22)10-14/h4-11H,1-3H3,(H,23,27). The molecule has 29 heavy (non-hydrogen) atoms. The third-order valence-corrected chi connectivity index (χ3v) is 4.69. The average molecular weight is 433 g/mol. The van der Waals surface area contributed by atoms with Crippen LogP contribution in [0.4, 0.5) is 5.69 Å². The van der Waals surface area contributed by atoms with E-state index >= 15 is 0 Å². The van der Waals surface area contributed by atoms with Gasteiger partial charge < -0.3 is 5.32 Å². The number of benzene rings is 2. The maximum absolute atomic E-state index is 12.9. The summed E-state index contributed by atoms with van der Waals surface area (Å²) in [5.41, 5.74) is 1.52. The Hall–Kier alpha value is -2.90. The van der Waals surface area contributed by atoms with Crippen LogP contribution in [0, 0.1) is 10.1 Å². The number of rotatable bonds is 4. The van der Waals surface area contributed by atoms with Crippen molar-refractivity contribution in [3.63, 3.8) is 0 Å². The number of aromatic nitrogens is 2. The summed E-state index contributed by atoms with van der Waals surface area (Å²) in [7, 11) is 0. The first-order valence-electron chi connectivity index (χ1n) is 8.68. The van der Waals surface area contributed by atoms with Crippen molar-refractivity contribution in [2.45, 2.75) is 26.3 Å². The van der Waals surface area contributed by atoms with Gasteiger partial charge in [-0.3, -0.25) is 14.9 Å². The first-order chi connectivity index (χ1) is 13.5. The average Bonchev–Trinajstić information content (AvgIpc) is 3.08. The van der Waals surface area contributed by atoms with Crippen LogP contribution in [-0.2, 0) is 0 Å². The van der Waals surface area contributed by atoms with E-state index < -0.39 is 10.5 Å². The van der Waals surface area contributed by atoms with Crippen molar-refractivity contribution in [3.8, 4) is 16.9 Å². The summed E-state index contributed by atoms with van der Waals surface area (Å²) in [4.78, 5) is 23.3. The Kier molecular flexibility index (Phi) is 5.64. The number of hydrogen-bond donors (Lipinski definition) is 1. The molecule has 150 valence electrons. The number of nitrogens with one attached hydrogen (secondary N) is 1. The molecule has 1 aromatic heterocycles. The summed E-state index contributed by atoms with van der Waals surface area (Å²) in [6.07, 6.45) is 0. The number of amides is 1. The number of nitrogens with zero attached hydrogens (tertiary/aromatic N) is 3. The lowest BCUT2D eigenvalue weighted by Gasteiger charge is -2.20. The molecule has 0 fully saturated rings. The van der Waals surface area contributed by atoms with Crippen molar-refractivity contribution in [1.82, 2.24) is 15.1 Å². The van der Waals surface area contributed by atoms with Crippen molar-refractivity contribution >= 4 is 34.8 Å². The molecule has 0 aliphatic rings. The molecule has 1 heterocycles. The SMILES string of the molecule is CC(C)(C)NC(=O)c1cc(-c2ccc([N+](=O)[O-])cc2)nn1-c1ccc(Cl)c(Cl)c1. The molecule has 0 spiro atoms. The van der Waals surface area contributed by atoms with Gasteiger partial charge in [-0.1, -0.05) is 23.2 Å². The first kappa shape index (κ1) is 20.8. The van der Waals surface area contributed by atoms with Crippen LogP contribution in [0.3, 0.4) is 0 Å². The zero-order valence-electron chi connectivity index (χ0n) is 15.9. The number of hydrogen-bond acceptors (Lipinski definition) is 4. The number of non-ortho nitro benzene ring substituents is 1. The van der Waals surface area contributed by atoms with Crippen LogP contribution in [-0.4, -0.2) is 26.1 Å². The molecule has 0 saturated carbocycles. The smallest absolute Gasteiger partial charge is 0.270 e. The molecule has 0 unspecified atom stereocenters. The van der Waals surface area contributed by atoms with Crippen molar-refractivity contribution in [3.05, 3.63) is 74.4 Å². The Labute approximate surface area is 177 Å². The second-order valence-corrected chi connectivity index (χ2v) is 8.25. The molecule has 1 N–H and O–H groups in total. The highest BCUT2D eigenvalue weighted by Crippen LogP contribution is 2.28. The predicted molar refractivity (Wildman–Crippen MR) is 113 cm³/mol. The van der Waals surface area contributed by atoms with Gasteiger partial charge in [-0.05, 0) is 57.2 Å². The van der Waals surface area contributed by atoms with Crippen LogP contribution < -0.4 is 5.32 Å². The molecular formula is C20H18Cl2N4O3. The zero-order valence-corrected chi connectivity index (χ0v) is 17.5. The highest BCUT2D eigenvalue weighted by molar-refractivity contribution is 6.42. The monoisotopic (exact) mass is 432 g/mol. The molecule has 0 radical (unpaired) electrons. The predicted octanol–water partition coefficient (Wildman–Crippen LogP) is 5.28. The fourth-order valence-corrected chi connectivity index (χ4v) is 2.95. The van der Waals surface area contributed by atoms with E-state index in [1.807, 2.05) is 20.8 Å². The number of carbonyl (C=O) groups is 1. The Morgan fingerprint density at radius 2 is 1.72 bits per heavy atom. The van der Waals surface area contributed by atoms with E-state index in [1.54, 1.807) is 36.4 Å². The van der Waals surface area contributed by atoms with Crippen LogP contribution in [0.25, 0.3) is 16.9 Å². The van der Waals surface area contributed by atoms with E-state index in [-0.39, 0.29) is 11.6 Å². The van der Waals surface area contributed by atoms with Gasteiger partial charge in [-0.25, -0.2) is 4.68 Å². The summed E-state index contributed by atoms with van der Waals surface area (Å²) in [6, 6.07) is 12.5. The normalized spacial score (nSPS) is 11.3. The highest BCUT2D eigenvalue weighted by Gasteiger charge is 2.22. The second-order valence-electron chi connectivity index (χ2n) is 7.43. The molecule has 9 heteroatoms. The van der Waals surface area contributed by atoms with Gasteiger partial charge in [0.05, 0.1) is 26.3 Å². The van der Waals surface area contributed by atoms with E-state index in [0.717, 1.165) is 0 Å². The fourth-order valence-electron chi connectivity index (χ4n) is 2.66. The minimum atomic E-state index is -0.472. The molecule has 0 atom stereocenters. The number of nitro benzene ring substituents is 1. The maximum atomic E-state index is 12.9. The van der Waals surface area contributed by atoms with Gasteiger partial charge in [-0.2, -0.15) is 5.10 Å². The largest absolute Gasteiger partial charge is 0.346 e. The third kappa shape index (κ3) is 4.75. The third-order valence-electron chi connectivity index (χ3n) is 3.95. The molecule has 0 bridgehead atoms. The van der Waals surface area contributed by atoms with Crippen LogP contribution in [0.1, 0.15) is 31.3 Å². The van der Waals surface area contributed by atoms with Gasteiger partial charge in [0.25, 0.3) is 11.6 Å². The molecule has 3 rings (SSSR count). The van der Waals surface area contributed by atoms with Gasteiger partial charge in [0.2, 0.25) is 0 Å². The minimum absolute atomic E-state index is 0.0247. The van der Waals surface area contributed by atoms with Gasteiger partial charge in [0.1, 0.15) is 5.69 Å². The van der Waals surface area contributed by atoms with Crippen molar-refractivity contribution in [1.29, 1.82) is 0 Å². The Balaban J connectivity index is 2.11. The molecule has 3 aromatic rings. The maximum Gasteiger partial charge on any atom is 0.270 e. The van der Waals surface area contributed by atoms with E-state index in [9.17, 15) is 14.9 Å². The Morgan fingerprint density at radius 1 is 1.07 bits per heavy atom. The molecule has 0 aliphatic heterocycles. The number of carbonyl (C=O) groups excluding carboxylic acids is 1. The Morgan fingerprint density at radius 3 is 2.28 bits per heavy atom. The number of nitro groups is 1. The summed E-state index contributed by atoms with van der Waals surface area (Å²) in [6.45, 7) is 5.63. The van der Waals surface area contributed by atoms with Crippen LogP contribution >= 0.6 is 23.2 Å². The van der Waals surface area contributed by atoms with E-state index in [0.29, 0.717) is 32.7 Å².